The van der Waals surface area contributed by atoms with Crippen LogP contribution in [0.15, 0.2) is 63.8 Å². The van der Waals surface area contributed by atoms with Crippen LogP contribution in [0.1, 0.15) is 45.9 Å². The van der Waals surface area contributed by atoms with Crippen molar-refractivity contribution in [3.8, 4) is 5.75 Å². The van der Waals surface area contributed by atoms with E-state index in [9.17, 15) is 10.1 Å². The van der Waals surface area contributed by atoms with Crippen molar-refractivity contribution < 1.29 is 13.9 Å². The summed E-state index contributed by atoms with van der Waals surface area (Å²) in [7, 11) is -2.88. The van der Waals surface area contributed by atoms with E-state index < -0.39 is 17.4 Å². The molecule has 0 saturated heterocycles. The number of anilines is 1. The van der Waals surface area contributed by atoms with Gasteiger partial charge in [0, 0.05) is 42.1 Å². The number of hydrogen-bond acceptors (Lipinski definition) is 6. The van der Waals surface area contributed by atoms with Gasteiger partial charge in [-0.05, 0) is 57.5 Å². The summed E-state index contributed by atoms with van der Waals surface area (Å²) in [5, 5.41) is 11.0. The van der Waals surface area contributed by atoms with Gasteiger partial charge in [0.05, 0.1) is 10.6 Å². The Labute approximate surface area is 202 Å². The monoisotopic (exact) mass is 483 g/mol. The van der Waals surface area contributed by atoms with Crippen molar-refractivity contribution in [2.24, 2.45) is 4.74 Å². The van der Waals surface area contributed by atoms with Crippen LogP contribution in [0.5, 0.6) is 5.75 Å². The van der Waals surface area contributed by atoms with E-state index in [4.69, 9.17) is 13.7 Å². The Balaban J connectivity index is 2.30. The Morgan fingerprint density at radius 1 is 1.06 bits per heavy atom. The lowest BCUT2D eigenvalue weighted by Crippen LogP contribution is -2.26. The Bertz CT molecular complexity index is 1220. The summed E-state index contributed by atoms with van der Waals surface area (Å²) in [6, 6.07) is 16.6. The molecule has 2 aromatic carbocycles. The first-order valence-corrected chi connectivity index (χ1v) is 13.2. The standard InChI is InChI=1S/C26H34N3O4P/c1-8-28(9-2)21-11-10-12-23(17-21)33-34(26(5,6)7,25-16-14-20(4)32-25)27-24-18-22(29(30)31)15-13-19(24)3/h10-18H,8-9H2,1-7H3/t34-/m1/s1. The molecule has 0 bridgehead atoms. The van der Waals surface area contributed by atoms with E-state index in [1.54, 1.807) is 6.07 Å². The molecule has 1 atom stereocenters. The van der Waals surface area contributed by atoms with Crippen LogP contribution in [0.4, 0.5) is 17.1 Å². The molecule has 0 amide bonds. The molecule has 0 aliphatic rings. The summed E-state index contributed by atoms with van der Waals surface area (Å²) in [6.45, 7) is 16.0. The van der Waals surface area contributed by atoms with Crippen molar-refractivity contribution in [3.05, 3.63) is 76.0 Å². The molecule has 0 radical (unpaired) electrons. The van der Waals surface area contributed by atoms with E-state index in [1.807, 2.05) is 44.2 Å². The lowest BCUT2D eigenvalue weighted by atomic mass is 10.2. The average Bonchev–Trinajstić information content (AvgIpc) is 3.21. The molecule has 7 nitrogen and oxygen atoms in total. The third kappa shape index (κ3) is 5.20. The van der Waals surface area contributed by atoms with Gasteiger partial charge in [0.25, 0.3) is 5.69 Å². The summed E-state index contributed by atoms with van der Waals surface area (Å²) >= 11 is 0. The van der Waals surface area contributed by atoms with Crippen LogP contribution in [0.3, 0.4) is 0 Å². The van der Waals surface area contributed by atoms with Gasteiger partial charge in [-0.15, -0.1) is 0 Å². The fraction of sp³-hybridized carbons (Fsp3) is 0.385. The topological polar surface area (TPSA) is 81.1 Å². The third-order valence-corrected chi connectivity index (χ3v) is 9.40. The highest BCUT2D eigenvalue weighted by Gasteiger charge is 2.42. The highest BCUT2D eigenvalue weighted by atomic mass is 31.2. The van der Waals surface area contributed by atoms with Crippen LogP contribution >= 0.6 is 7.28 Å². The highest BCUT2D eigenvalue weighted by molar-refractivity contribution is 7.70. The van der Waals surface area contributed by atoms with Gasteiger partial charge in [0.15, 0.2) is 5.50 Å². The molecule has 0 aliphatic carbocycles. The third-order valence-electron chi connectivity index (χ3n) is 5.77. The minimum absolute atomic E-state index is 0.00415. The molecular weight excluding hydrogens is 449 g/mol. The Kier molecular flexibility index (Phi) is 7.57. The highest BCUT2D eigenvalue weighted by Crippen LogP contribution is 2.62. The molecule has 1 heterocycles. The molecule has 8 heteroatoms. The van der Waals surface area contributed by atoms with Crippen molar-refractivity contribution in [3.63, 3.8) is 0 Å². The number of nitro groups is 1. The molecular formula is C26H34N3O4P. The number of benzene rings is 2. The van der Waals surface area contributed by atoms with Gasteiger partial charge in [-0.2, -0.15) is 0 Å². The largest absolute Gasteiger partial charge is 0.457 e. The van der Waals surface area contributed by atoms with Crippen LogP contribution in [0.2, 0.25) is 0 Å². The molecule has 3 rings (SSSR count). The zero-order valence-electron chi connectivity index (χ0n) is 21.0. The number of non-ortho nitro benzene ring substituents is 1. The van der Waals surface area contributed by atoms with E-state index in [0.717, 1.165) is 30.1 Å². The molecule has 1 aromatic heterocycles. The van der Waals surface area contributed by atoms with E-state index in [2.05, 4.69) is 45.6 Å². The first-order chi connectivity index (χ1) is 16.0. The van der Waals surface area contributed by atoms with Crippen molar-refractivity contribution in [2.75, 3.05) is 18.0 Å². The van der Waals surface area contributed by atoms with Crippen LogP contribution in [0, 0.1) is 24.0 Å². The molecule has 182 valence electrons. The molecule has 0 saturated carbocycles. The van der Waals surface area contributed by atoms with Gasteiger partial charge in [-0.3, -0.25) is 10.1 Å². The fourth-order valence-electron chi connectivity index (χ4n) is 3.77. The van der Waals surface area contributed by atoms with Crippen LogP contribution in [-0.2, 0) is 0 Å². The smallest absolute Gasteiger partial charge is 0.271 e. The second-order valence-electron chi connectivity index (χ2n) is 9.22. The number of nitro benzene ring substituents is 1. The van der Waals surface area contributed by atoms with Gasteiger partial charge in [0.2, 0.25) is 7.28 Å². The number of furan rings is 1. The number of aryl methyl sites for hydroxylation is 2. The van der Waals surface area contributed by atoms with E-state index in [0.29, 0.717) is 16.9 Å². The maximum atomic E-state index is 11.5. The summed E-state index contributed by atoms with van der Waals surface area (Å²) in [6.07, 6.45) is 0. The fourth-order valence-corrected chi connectivity index (χ4v) is 6.71. The number of nitrogens with zero attached hydrogens (tertiary/aromatic N) is 3. The Hall–Kier alpha value is -3.05. The van der Waals surface area contributed by atoms with Crippen molar-refractivity contribution >= 4 is 29.8 Å². The predicted octanol–water partition coefficient (Wildman–Crippen LogP) is 7.60. The molecule has 3 aromatic rings. The van der Waals surface area contributed by atoms with Crippen LogP contribution < -0.4 is 14.9 Å². The van der Waals surface area contributed by atoms with Crippen LogP contribution in [0.25, 0.3) is 0 Å². The summed E-state index contributed by atoms with van der Waals surface area (Å²) in [4.78, 5) is 13.3. The lowest BCUT2D eigenvalue weighted by molar-refractivity contribution is -0.384. The van der Waals surface area contributed by atoms with E-state index >= 15 is 0 Å². The lowest BCUT2D eigenvalue weighted by Gasteiger charge is -2.35. The van der Waals surface area contributed by atoms with E-state index in [1.165, 1.54) is 12.1 Å². The Morgan fingerprint density at radius 2 is 1.76 bits per heavy atom. The number of rotatable bonds is 8. The molecule has 0 fully saturated rings. The SMILES string of the molecule is CCN(CC)c1cccc(O[P@](=Nc2cc([N+](=O)[O-])ccc2C)(c2ccc(C)o2)C(C)(C)C)c1. The number of hydrogen-bond donors (Lipinski definition) is 0. The average molecular weight is 484 g/mol. The van der Waals surface area contributed by atoms with Crippen molar-refractivity contribution in [1.29, 1.82) is 0 Å². The first-order valence-electron chi connectivity index (χ1n) is 11.5. The van der Waals surface area contributed by atoms with Crippen LogP contribution in [-0.4, -0.2) is 23.2 Å². The predicted molar refractivity (Wildman–Crippen MR) is 140 cm³/mol. The van der Waals surface area contributed by atoms with Gasteiger partial charge in [-0.1, -0.05) is 32.9 Å². The maximum Gasteiger partial charge on any atom is 0.271 e. The van der Waals surface area contributed by atoms with E-state index in [-0.39, 0.29) is 5.69 Å². The zero-order chi connectivity index (χ0) is 25.1. The first kappa shape index (κ1) is 25.6. The van der Waals surface area contributed by atoms with Gasteiger partial charge < -0.3 is 13.8 Å². The summed E-state index contributed by atoms with van der Waals surface area (Å²) in [5.74, 6) is 1.45. The van der Waals surface area contributed by atoms with Gasteiger partial charge >= 0.3 is 0 Å². The molecule has 0 aliphatic heterocycles. The Morgan fingerprint density at radius 3 is 2.32 bits per heavy atom. The molecule has 0 spiro atoms. The van der Waals surface area contributed by atoms with Crippen molar-refractivity contribution in [1.82, 2.24) is 0 Å². The minimum Gasteiger partial charge on any atom is -0.457 e. The van der Waals surface area contributed by atoms with Gasteiger partial charge in [0.1, 0.15) is 11.5 Å². The zero-order valence-corrected chi connectivity index (χ0v) is 21.9. The molecule has 34 heavy (non-hydrogen) atoms. The molecule has 0 N–H and O–H groups in total. The maximum absolute atomic E-state index is 11.5. The second-order valence-corrected chi connectivity index (χ2v) is 12.5. The minimum atomic E-state index is -2.88. The normalized spacial score (nSPS) is 13.3. The summed E-state index contributed by atoms with van der Waals surface area (Å²) < 4.78 is 18.2. The molecule has 0 unspecified atom stereocenters. The summed E-state index contributed by atoms with van der Waals surface area (Å²) in [5.41, 5.74) is 3.08. The second kappa shape index (κ2) is 10.1. The van der Waals surface area contributed by atoms with Crippen molar-refractivity contribution in [2.45, 2.75) is 53.6 Å². The quantitative estimate of drug-likeness (QED) is 0.187. The van der Waals surface area contributed by atoms with Gasteiger partial charge in [-0.25, -0.2) is 4.74 Å².